The van der Waals surface area contributed by atoms with E-state index < -0.39 is 4.92 Å². The Morgan fingerprint density at radius 2 is 1.96 bits per heavy atom. The number of methoxy groups -OCH3 is 1. The van der Waals surface area contributed by atoms with Crippen LogP contribution in [-0.4, -0.2) is 48.3 Å². The minimum absolute atomic E-state index is 0.0455. The van der Waals surface area contributed by atoms with Crippen molar-refractivity contribution in [3.63, 3.8) is 0 Å². The topological polar surface area (TPSA) is 129 Å². The molecule has 0 atom stereocenters. The normalized spacial score (nSPS) is 14.2. The lowest BCUT2D eigenvalue weighted by Gasteiger charge is -2.27. The molecule has 0 unspecified atom stereocenters. The molecule has 0 saturated carbocycles. The zero-order valence-electron chi connectivity index (χ0n) is 13.6. The lowest BCUT2D eigenvalue weighted by atomic mass is 10.3. The van der Waals surface area contributed by atoms with Crippen molar-refractivity contribution in [3.05, 3.63) is 34.4 Å². The van der Waals surface area contributed by atoms with E-state index >= 15 is 0 Å². The van der Waals surface area contributed by atoms with E-state index in [1.807, 2.05) is 4.90 Å². The van der Waals surface area contributed by atoms with Gasteiger partial charge in [0, 0.05) is 18.8 Å². The molecule has 1 aromatic carbocycles. The summed E-state index contributed by atoms with van der Waals surface area (Å²) in [4.78, 5) is 21.1. The van der Waals surface area contributed by atoms with Gasteiger partial charge in [-0.2, -0.15) is 9.97 Å². The highest BCUT2D eigenvalue weighted by Crippen LogP contribution is 2.32. The number of nitrogen functional groups attached to an aromatic ring is 1. The predicted octanol–water partition coefficient (Wildman–Crippen LogP) is 1.56. The Morgan fingerprint density at radius 3 is 2.56 bits per heavy atom. The third kappa shape index (κ3) is 3.69. The molecule has 0 spiro atoms. The van der Waals surface area contributed by atoms with Crippen LogP contribution in [0.15, 0.2) is 24.3 Å². The van der Waals surface area contributed by atoms with Gasteiger partial charge in [-0.25, -0.2) is 0 Å². The highest BCUT2D eigenvalue weighted by atomic mass is 16.6. The van der Waals surface area contributed by atoms with Gasteiger partial charge in [0.15, 0.2) is 0 Å². The molecule has 0 bridgehead atoms. The molecule has 2 aromatic rings. The second kappa shape index (κ2) is 7.18. The highest BCUT2D eigenvalue weighted by molar-refractivity contribution is 5.74. The SMILES string of the molecule is COc1ccc(Nc2nc(N3CCOCC3)nc(N)c2[N+](=O)[O-])cc1. The summed E-state index contributed by atoms with van der Waals surface area (Å²) in [7, 11) is 1.56. The van der Waals surface area contributed by atoms with Crippen LogP contribution in [0.25, 0.3) is 0 Å². The molecule has 25 heavy (non-hydrogen) atoms. The Hall–Kier alpha value is -3.14. The third-order valence-electron chi connectivity index (χ3n) is 3.73. The van der Waals surface area contributed by atoms with Crippen molar-refractivity contribution in [2.24, 2.45) is 0 Å². The van der Waals surface area contributed by atoms with E-state index in [1.54, 1.807) is 31.4 Å². The average molecular weight is 346 g/mol. The summed E-state index contributed by atoms with van der Waals surface area (Å²) in [6.45, 7) is 2.28. The number of anilines is 4. The van der Waals surface area contributed by atoms with Gasteiger partial charge in [0.2, 0.25) is 17.6 Å². The second-order valence-corrected chi connectivity index (χ2v) is 5.32. The largest absolute Gasteiger partial charge is 0.497 e. The molecule has 10 nitrogen and oxygen atoms in total. The summed E-state index contributed by atoms with van der Waals surface area (Å²) in [5.74, 6) is 0.875. The van der Waals surface area contributed by atoms with Crippen LogP contribution in [0.1, 0.15) is 0 Å². The number of ether oxygens (including phenoxy) is 2. The van der Waals surface area contributed by atoms with Gasteiger partial charge in [-0.3, -0.25) is 10.1 Å². The van der Waals surface area contributed by atoms with Gasteiger partial charge < -0.3 is 25.4 Å². The number of hydrogen-bond acceptors (Lipinski definition) is 9. The Kier molecular flexibility index (Phi) is 4.80. The Labute approximate surface area is 143 Å². The summed E-state index contributed by atoms with van der Waals surface area (Å²) in [5, 5.41) is 14.3. The fourth-order valence-electron chi connectivity index (χ4n) is 2.44. The molecule has 0 aliphatic carbocycles. The molecule has 0 amide bonds. The van der Waals surface area contributed by atoms with E-state index in [1.165, 1.54) is 0 Å². The molecular weight excluding hydrogens is 328 g/mol. The summed E-state index contributed by atoms with van der Waals surface area (Å²) in [6, 6.07) is 6.94. The fraction of sp³-hybridized carbons (Fsp3) is 0.333. The van der Waals surface area contributed by atoms with Crippen molar-refractivity contribution < 1.29 is 14.4 Å². The second-order valence-electron chi connectivity index (χ2n) is 5.32. The zero-order valence-corrected chi connectivity index (χ0v) is 13.6. The first-order valence-electron chi connectivity index (χ1n) is 7.64. The number of morpholine rings is 1. The first-order chi connectivity index (χ1) is 12.1. The maximum Gasteiger partial charge on any atom is 0.353 e. The van der Waals surface area contributed by atoms with E-state index in [4.69, 9.17) is 15.2 Å². The van der Waals surface area contributed by atoms with Crippen LogP contribution >= 0.6 is 0 Å². The van der Waals surface area contributed by atoms with Crippen LogP contribution in [-0.2, 0) is 4.74 Å². The van der Waals surface area contributed by atoms with E-state index in [0.29, 0.717) is 43.7 Å². The summed E-state index contributed by atoms with van der Waals surface area (Å²) < 4.78 is 10.4. The number of benzene rings is 1. The van der Waals surface area contributed by atoms with Gasteiger partial charge in [-0.1, -0.05) is 0 Å². The van der Waals surface area contributed by atoms with E-state index in [9.17, 15) is 10.1 Å². The molecule has 1 aliphatic rings. The molecular formula is C15H18N6O4. The molecule has 1 aromatic heterocycles. The molecule has 3 rings (SSSR count). The van der Waals surface area contributed by atoms with Crippen molar-refractivity contribution in [3.8, 4) is 5.75 Å². The minimum atomic E-state index is -0.593. The highest BCUT2D eigenvalue weighted by Gasteiger charge is 2.25. The Bertz CT molecular complexity index is 761. The first-order valence-corrected chi connectivity index (χ1v) is 7.64. The molecule has 1 fully saturated rings. The molecule has 1 saturated heterocycles. The van der Waals surface area contributed by atoms with Gasteiger partial charge in [-0.05, 0) is 24.3 Å². The van der Waals surface area contributed by atoms with Gasteiger partial charge in [-0.15, -0.1) is 0 Å². The van der Waals surface area contributed by atoms with Gasteiger partial charge in [0.05, 0.1) is 25.2 Å². The standard InChI is InChI=1S/C15H18N6O4/c1-24-11-4-2-10(3-5-11)17-14-12(21(22)23)13(16)18-15(19-14)20-6-8-25-9-7-20/h2-5H,6-9H2,1H3,(H3,16,17,18,19). The van der Waals surface area contributed by atoms with E-state index in [-0.39, 0.29) is 17.3 Å². The van der Waals surface area contributed by atoms with Gasteiger partial charge in [0.25, 0.3) is 0 Å². The molecule has 3 N–H and O–H groups in total. The monoisotopic (exact) mass is 346 g/mol. The number of nitro groups is 1. The van der Waals surface area contributed by atoms with E-state index in [0.717, 1.165) is 0 Å². The molecule has 2 heterocycles. The predicted molar refractivity (Wildman–Crippen MR) is 92.4 cm³/mol. The average Bonchev–Trinajstić information content (AvgIpc) is 2.62. The summed E-state index contributed by atoms with van der Waals surface area (Å²) in [6.07, 6.45) is 0. The Morgan fingerprint density at radius 1 is 1.28 bits per heavy atom. The summed E-state index contributed by atoms with van der Waals surface area (Å²) in [5.41, 5.74) is 6.08. The minimum Gasteiger partial charge on any atom is -0.497 e. The number of nitrogens with one attached hydrogen (secondary N) is 1. The van der Waals surface area contributed by atoms with Gasteiger partial charge >= 0.3 is 5.69 Å². The number of hydrogen-bond donors (Lipinski definition) is 2. The molecule has 132 valence electrons. The summed E-state index contributed by atoms with van der Waals surface area (Å²) >= 11 is 0. The van der Waals surface area contributed by atoms with Crippen molar-refractivity contribution in [1.29, 1.82) is 0 Å². The molecule has 1 aliphatic heterocycles. The maximum absolute atomic E-state index is 11.4. The zero-order chi connectivity index (χ0) is 17.8. The lowest BCUT2D eigenvalue weighted by Crippen LogP contribution is -2.37. The van der Waals surface area contributed by atoms with Crippen LogP contribution in [0.2, 0.25) is 0 Å². The van der Waals surface area contributed by atoms with Gasteiger partial charge in [0.1, 0.15) is 5.75 Å². The fourth-order valence-corrected chi connectivity index (χ4v) is 2.44. The number of aromatic nitrogens is 2. The smallest absolute Gasteiger partial charge is 0.353 e. The van der Waals surface area contributed by atoms with Crippen LogP contribution in [0.3, 0.4) is 0 Å². The Balaban J connectivity index is 1.95. The number of rotatable bonds is 5. The molecule has 10 heteroatoms. The number of nitrogens with two attached hydrogens (primary N) is 1. The van der Waals surface area contributed by atoms with Crippen LogP contribution in [0.5, 0.6) is 5.75 Å². The first kappa shape index (κ1) is 16.7. The lowest BCUT2D eigenvalue weighted by molar-refractivity contribution is -0.383. The van der Waals surface area contributed by atoms with Crippen LogP contribution in [0, 0.1) is 10.1 Å². The van der Waals surface area contributed by atoms with Crippen molar-refractivity contribution in [1.82, 2.24) is 9.97 Å². The molecule has 0 radical (unpaired) electrons. The quantitative estimate of drug-likeness (QED) is 0.612. The van der Waals surface area contributed by atoms with Crippen molar-refractivity contribution >= 4 is 29.0 Å². The number of nitrogens with zero attached hydrogens (tertiary/aromatic N) is 4. The maximum atomic E-state index is 11.4. The van der Waals surface area contributed by atoms with Crippen molar-refractivity contribution in [2.45, 2.75) is 0 Å². The van der Waals surface area contributed by atoms with E-state index in [2.05, 4.69) is 15.3 Å². The third-order valence-corrected chi connectivity index (χ3v) is 3.73. The van der Waals surface area contributed by atoms with Crippen LogP contribution < -0.4 is 20.7 Å². The van der Waals surface area contributed by atoms with Crippen LogP contribution in [0.4, 0.5) is 29.0 Å². The van der Waals surface area contributed by atoms with Crippen molar-refractivity contribution in [2.75, 3.05) is 49.4 Å².